The average Bonchev–Trinajstić information content (AvgIpc) is 2.71. The Hall–Kier alpha value is -1.50. The van der Waals surface area contributed by atoms with Crippen molar-refractivity contribution in [3.05, 3.63) is 30.1 Å². The number of carbonyl (C=O) groups excluding carboxylic acids is 1. The average molecular weight is 238 g/mol. The first-order chi connectivity index (χ1) is 8.22. The fraction of sp³-hybridized carbons (Fsp3) is 0.455. The summed E-state index contributed by atoms with van der Waals surface area (Å²) in [6.45, 7) is -0.0635. The van der Waals surface area contributed by atoms with Crippen molar-refractivity contribution in [1.82, 2.24) is 10.3 Å². The van der Waals surface area contributed by atoms with E-state index in [1.54, 1.807) is 12.1 Å². The Labute approximate surface area is 98.2 Å². The summed E-state index contributed by atoms with van der Waals surface area (Å²) in [5.74, 6) is -0.293. The van der Waals surface area contributed by atoms with Gasteiger partial charge in [-0.1, -0.05) is 0 Å². The molecule has 2 rings (SSSR count). The van der Waals surface area contributed by atoms with Gasteiger partial charge in [-0.3, -0.25) is 9.78 Å². The van der Waals surface area contributed by atoms with E-state index in [9.17, 15) is 9.90 Å². The number of pyridine rings is 1. The monoisotopic (exact) mass is 238 g/mol. The molecule has 6 heteroatoms. The molecular formula is C11H14N2O4. The van der Waals surface area contributed by atoms with Crippen molar-refractivity contribution in [3.8, 4) is 0 Å². The van der Waals surface area contributed by atoms with Crippen LogP contribution in [0.25, 0.3) is 0 Å². The molecule has 0 spiro atoms. The summed E-state index contributed by atoms with van der Waals surface area (Å²) < 4.78 is 5.14. The van der Waals surface area contributed by atoms with Crippen molar-refractivity contribution >= 4 is 5.91 Å². The number of hydrogen-bond donors (Lipinski definition) is 3. The number of hydrogen-bond acceptors (Lipinski definition) is 5. The molecule has 0 saturated carbocycles. The number of ether oxygens (including phenoxy) is 1. The number of aliphatic hydroxyl groups excluding tert-OH is 2. The molecule has 0 bridgehead atoms. The van der Waals surface area contributed by atoms with E-state index in [4.69, 9.17) is 9.84 Å². The summed E-state index contributed by atoms with van der Waals surface area (Å²) in [5.41, 5.74) is 0.472. The van der Waals surface area contributed by atoms with Crippen molar-refractivity contribution in [2.45, 2.75) is 18.2 Å². The Kier molecular flexibility index (Phi) is 3.68. The number of amides is 1. The summed E-state index contributed by atoms with van der Waals surface area (Å²) >= 11 is 0. The number of nitrogens with one attached hydrogen (secondary N) is 1. The van der Waals surface area contributed by atoms with Crippen LogP contribution in [-0.4, -0.2) is 52.6 Å². The third-order valence-electron chi connectivity index (χ3n) is 2.72. The van der Waals surface area contributed by atoms with E-state index in [-0.39, 0.29) is 19.1 Å². The molecule has 0 aliphatic carbocycles. The Balaban J connectivity index is 1.96. The Morgan fingerprint density at radius 2 is 2.24 bits per heavy atom. The number of aliphatic hydroxyl groups is 2. The van der Waals surface area contributed by atoms with E-state index in [1.807, 2.05) is 0 Å². The van der Waals surface area contributed by atoms with E-state index in [2.05, 4.69) is 10.3 Å². The molecule has 1 amide bonds. The second kappa shape index (κ2) is 5.22. The smallest absolute Gasteiger partial charge is 0.251 e. The normalized spacial score (nSPS) is 28.0. The SMILES string of the molecule is O=C(N[C@H]1CO[C@H](CO)[C@H]1O)c1ccncc1. The van der Waals surface area contributed by atoms with Gasteiger partial charge < -0.3 is 20.3 Å². The molecule has 6 nitrogen and oxygen atoms in total. The second-order valence-corrected chi connectivity index (χ2v) is 3.86. The molecule has 1 aliphatic rings. The van der Waals surface area contributed by atoms with E-state index in [0.717, 1.165) is 0 Å². The zero-order valence-corrected chi connectivity index (χ0v) is 9.11. The minimum absolute atomic E-state index is 0.198. The van der Waals surface area contributed by atoms with Gasteiger partial charge in [0.05, 0.1) is 19.3 Å². The van der Waals surface area contributed by atoms with Crippen LogP contribution >= 0.6 is 0 Å². The fourth-order valence-corrected chi connectivity index (χ4v) is 1.73. The van der Waals surface area contributed by atoms with E-state index >= 15 is 0 Å². The van der Waals surface area contributed by atoms with Crippen molar-refractivity contribution < 1.29 is 19.7 Å². The van der Waals surface area contributed by atoms with Gasteiger partial charge in [0.2, 0.25) is 0 Å². The minimum atomic E-state index is -0.884. The van der Waals surface area contributed by atoms with Crippen molar-refractivity contribution in [2.24, 2.45) is 0 Å². The highest BCUT2D eigenvalue weighted by Gasteiger charge is 2.36. The van der Waals surface area contributed by atoms with Gasteiger partial charge in [0.1, 0.15) is 12.2 Å². The summed E-state index contributed by atoms with van der Waals surface area (Å²) in [7, 11) is 0. The maximum absolute atomic E-state index is 11.8. The van der Waals surface area contributed by atoms with Gasteiger partial charge in [-0.05, 0) is 12.1 Å². The molecule has 0 aromatic carbocycles. The molecule has 1 fully saturated rings. The minimum Gasteiger partial charge on any atom is -0.394 e. The topological polar surface area (TPSA) is 91.7 Å². The number of nitrogens with zero attached hydrogens (tertiary/aromatic N) is 1. The Morgan fingerprint density at radius 3 is 2.82 bits per heavy atom. The molecule has 0 unspecified atom stereocenters. The van der Waals surface area contributed by atoms with Crippen LogP contribution in [0.2, 0.25) is 0 Å². The Morgan fingerprint density at radius 1 is 1.53 bits per heavy atom. The highest BCUT2D eigenvalue weighted by atomic mass is 16.5. The van der Waals surface area contributed by atoms with Crippen LogP contribution < -0.4 is 5.32 Å². The predicted octanol–water partition coefficient (Wildman–Crippen LogP) is -1.07. The van der Waals surface area contributed by atoms with E-state index in [1.165, 1.54) is 12.4 Å². The van der Waals surface area contributed by atoms with Crippen molar-refractivity contribution in [1.29, 1.82) is 0 Å². The highest BCUT2D eigenvalue weighted by Crippen LogP contribution is 2.14. The third-order valence-corrected chi connectivity index (χ3v) is 2.72. The summed E-state index contributed by atoms with van der Waals surface area (Å²) in [5, 5.41) is 21.3. The van der Waals surface area contributed by atoms with Gasteiger partial charge in [0.15, 0.2) is 0 Å². The molecule has 1 aliphatic heterocycles. The molecule has 92 valence electrons. The molecule has 3 atom stereocenters. The van der Waals surface area contributed by atoms with Gasteiger partial charge in [-0.15, -0.1) is 0 Å². The maximum atomic E-state index is 11.8. The van der Waals surface area contributed by atoms with Crippen LogP contribution in [0.5, 0.6) is 0 Å². The van der Waals surface area contributed by atoms with Gasteiger partial charge in [0.25, 0.3) is 5.91 Å². The van der Waals surface area contributed by atoms with Crippen molar-refractivity contribution in [2.75, 3.05) is 13.2 Å². The van der Waals surface area contributed by atoms with Crippen LogP contribution in [-0.2, 0) is 4.74 Å². The highest BCUT2D eigenvalue weighted by molar-refractivity contribution is 5.94. The molecule has 1 aromatic heterocycles. The van der Waals surface area contributed by atoms with Gasteiger partial charge in [-0.25, -0.2) is 0 Å². The molecule has 2 heterocycles. The lowest BCUT2D eigenvalue weighted by Crippen LogP contribution is -2.45. The molecule has 1 saturated heterocycles. The Bertz CT molecular complexity index is 384. The predicted molar refractivity (Wildman–Crippen MR) is 58.3 cm³/mol. The summed E-state index contributed by atoms with van der Waals surface area (Å²) in [6, 6.07) is 2.68. The lowest BCUT2D eigenvalue weighted by molar-refractivity contribution is 0.00278. The van der Waals surface area contributed by atoms with E-state index in [0.29, 0.717) is 5.56 Å². The van der Waals surface area contributed by atoms with Crippen LogP contribution in [0.1, 0.15) is 10.4 Å². The summed E-state index contributed by atoms with van der Waals surface area (Å²) in [4.78, 5) is 15.6. The molecule has 0 radical (unpaired) electrons. The number of aromatic nitrogens is 1. The molecular weight excluding hydrogens is 224 g/mol. The molecule has 17 heavy (non-hydrogen) atoms. The number of rotatable bonds is 3. The maximum Gasteiger partial charge on any atom is 0.251 e. The molecule has 1 aromatic rings. The number of carbonyl (C=O) groups is 1. The van der Waals surface area contributed by atoms with Gasteiger partial charge in [-0.2, -0.15) is 0 Å². The molecule has 3 N–H and O–H groups in total. The van der Waals surface area contributed by atoms with Gasteiger partial charge in [0, 0.05) is 18.0 Å². The largest absolute Gasteiger partial charge is 0.394 e. The van der Waals surface area contributed by atoms with E-state index < -0.39 is 18.2 Å². The first-order valence-electron chi connectivity index (χ1n) is 5.34. The lowest BCUT2D eigenvalue weighted by atomic mass is 10.1. The second-order valence-electron chi connectivity index (χ2n) is 3.86. The van der Waals surface area contributed by atoms with Crippen LogP contribution in [0.3, 0.4) is 0 Å². The van der Waals surface area contributed by atoms with Crippen LogP contribution in [0, 0.1) is 0 Å². The quantitative estimate of drug-likeness (QED) is 0.624. The zero-order valence-electron chi connectivity index (χ0n) is 9.11. The standard InChI is InChI=1S/C11H14N2O4/c14-5-9-10(15)8(6-17-9)13-11(16)7-1-3-12-4-2-7/h1-4,8-10,14-15H,5-6H2,(H,13,16)/t8-,9+,10-/m0/s1. The van der Waals surface area contributed by atoms with Crippen molar-refractivity contribution in [3.63, 3.8) is 0 Å². The summed E-state index contributed by atoms with van der Waals surface area (Å²) in [6.07, 6.45) is 1.53. The fourth-order valence-electron chi connectivity index (χ4n) is 1.73. The van der Waals surface area contributed by atoms with Crippen LogP contribution in [0.4, 0.5) is 0 Å². The van der Waals surface area contributed by atoms with Gasteiger partial charge >= 0.3 is 0 Å². The van der Waals surface area contributed by atoms with Crippen LogP contribution in [0.15, 0.2) is 24.5 Å². The first kappa shape index (κ1) is 12.0. The first-order valence-corrected chi connectivity index (χ1v) is 5.34. The lowest BCUT2D eigenvalue weighted by Gasteiger charge is -2.17. The third kappa shape index (κ3) is 2.60. The zero-order chi connectivity index (χ0) is 12.3.